The molecule has 0 aromatic heterocycles. The third-order valence-corrected chi connectivity index (χ3v) is 5.16. The third kappa shape index (κ3) is 4.69. The fourth-order valence-electron chi connectivity index (χ4n) is 1.62. The summed E-state index contributed by atoms with van der Waals surface area (Å²) in [7, 11) is -3.76. The second kappa shape index (κ2) is 7.34. The summed E-state index contributed by atoms with van der Waals surface area (Å²) in [5.41, 5.74) is -0.0449. The first-order chi connectivity index (χ1) is 9.27. The van der Waals surface area contributed by atoms with Crippen LogP contribution in [0.2, 0.25) is 0 Å². The van der Waals surface area contributed by atoms with Crippen molar-refractivity contribution in [3.63, 3.8) is 0 Å². The van der Waals surface area contributed by atoms with Gasteiger partial charge in [-0.15, -0.1) is 0 Å². The molecule has 1 rings (SSSR count). The van der Waals surface area contributed by atoms with Crippen molar-refractivity contribution >= 4 is 38.6 Å². The van der Waals surface area contributed by atoms with E-state index in [2.05, 4.69) is 4.72 Å². The molecule has 8 heteroatoms. The number of sulfonamides is 1. The summed E-state index contributed by atoms with van der Waals surface area (Å²) in [6, 6.07) is 3.64. The smallest absolute Gasteiger partial charge is 0.336 e. The second-order valence-corrected chi connectivity index (χ2v) is 7.21. The lowest BCUT2D eigenvalue weighted by Gasteiger charge is -2.14. The lowest BCUT2D eigenvalue weighted by molar-refractivity contribution is 0.0695. The molecule has 0 aliphatic carbocycles. The number of hydrogen-bond donors (Lipinski definition) is 3. The van der Waals surface area contributed by atoms with Crippen LogP contribution in [0.25, 0.3) is 0 Å². The van der Waals surface area contributed by atoms with Gasteiger partial charge in [0.2, 0.25) is 10.0 Å². The van der Waals surface area contributed by atoms with E-state index in [0.29, 0.717) is 16.4 Å². The van der Waals surface area contributed by atoms with Gasteiger partial charge in [-0.05, 0) is 60.6 Å². The lowest BCUT2D eigenvalue weighted by atomic mass is 10.2. The minimum atomic E-state index is -3.76. The molecule has 20 heavy (non-hydrogen) atoms. The molecular formula is C12H16INO5S. The number of carbonyl (C=O) groups is 1. The van der Waals surface area contributed by atoms with E-state index < -0.39 is 16.0 Å². The third-order valence-electron chi connectivity index (χ3n) is 2.63. The molecule has 0 heterocycles. The van der Waals surface area contributed by atoms with Gasteiger partial charge in [0.15, 0.2) is 0 Å². The first-order valence-electron chi connectivity index (χ1n) is 5.94. The van der Waals surface area contributed by atoms with E-state index in [0.717, 1.165) is 6.07 Å². The highest BCUT2D eigenvalue weighted by Gasteiger charge is 2.20. The molecule has 0 radical (unpaired) electrons. The van der Waals surface area contributed by atoms with Gasteiger partial charge in [-0.1, -0.05) is 0 Å². The number of aliphatic hydroxyl groups excluding tert-OH is 1. The van der Waals surface area contributed by atoms with Crippen LogP contribution in [0.5, 0.6) is 0 Å². The van der Waals surface area contributed by atoms with Crippen LogP contribution in [0.3, 0.4) is 0 Å². The average Bonchev–Trinajstić information content (AvgIpc) is 2.35. The topological polar surface area (TPSA) is 104 Å². The minimum Gasteiger partial charge on any atom is -0.478 e. The maximum Gasteiger partial charge on any atom is 0.336 e. The van der Waals surface area contributed by atoms with Gasteiger partial charge in [0, 0.05) is 16.2 Å². The highest BCUT2D eigenvalue weighted by molar-refractivity contribution is 14.1. The lowest BCUT2D eigenvalue weighted by Crippen LogP contribution is -2.32. The van der Waals surface area contributed by atoms with Crippen molar-refractivity contribution in [2.45, 2.75) is 30.7 Å². The number of carboxylic acids is 1. The van der Waals surface area contributed by atoms with Gasteiger partial charge >= 0.3 is 5.97 Å². The van der Waals surface area contributed by atoms with Crippen LogP contribution in [0.4, 0.5) is 0 Å². The number of hydrogen-bond acceptors (Lipinski definition) is 4. The largest absolute Gasteiger partial charge is 0.478 e. The van der Waals surface area contributed by atoms with Crippen molar-refractivity contribution in [3.05, 3.63) is 27.3 Å². The van der Waals surface area contributed by atoms with E-state index in [1.165, 1.54) is 12.1 Å². The van der Waals surface area contributed by atoms with Gasteiger partial charge in [0.1, 0.15) is 0 Å². The van der Waals surface area contributed by atoms with Gasteiger partial charge in [-0.3, -0.25) is 0 Å². The summed E-state index contributed by atoms with van der Waals surface area (Å²) in [6.07, 6.45) is 1.00. The maximum absolute atomic E-state index is 12.1. The van der Waals surface area contributed by atoms with Crippen molar-refractivity contribution < 1.29 is 23.4 Å². The van der Waals surface area contributed by atoms with Crippen molar-refractivity contribution in [1.29, 1.82) is 0 Å². The van der Waals surface area contributed by atoms with Crippen LogP contribution < -0.4 is 4.72 Å². The Kier molecular flexibility index (Phi) is 6.37. The molecule has 0 saturated heterocycles. The number of benzene rings is 1. The molecule has 3 N–H and O–H groups in total. The summed E-state index contributed by atoms with van der Waals surface area (Å²) in [5.74, 6) is -1.17. The number of aliphatic hydroxyl groups is 1. The SMILES string of the molecule is CC(CCCO)NS(=O)(=O)c1ccc(I)c(C(=O)O)c1. The molecule has 0 saturated carbocycles. The van der Waals surface area contributed by atoms with Gasteiger partial charge in [-0.2, -0.15) is 0 Å². The van der Waals surface area contributed by atoms with Gasteiger partial charge in [-0.25, -0.2) is 17.9 Å². The summed E-state index contributed by atoms with van der Waals surface area (Å²) in [4.78, 5) is 10.9. The van der Waals surface area contributed by atoms with Crippen molar-refractivity contribution in [1.82, 2.24) is 4.72 Å². The molecule has 1 aromatic rings. The fraction of sp³-hybridized carbons (Fsp3) is 0.417. The van der Waals surface area contributed by atoms with Crippen LogP contribution in [0, 0.1) is 3.57 Å². The predicted molar refractivity (Wildman–Crippen MR) is 82.2 cm³/mol. The van der Waals surface area contributed by atoms with E-state index in [1.54, 1.807) is 6.92 Å². The van der Waals surface area contributed by atoms with Crippen molar-refractivity contribution in [2.75, 3.05) is 6.61 Å². The normalized spacial score (nSPS) is 13.2. The van der Waals surface area contributed by atoms with Gasteiger partial charge in [0.25, 0.3) is 0 Å². The highest BCUT2D eigenvalue weighted by Crippen LogP contribution is 2.18. The van der Waals surface area contributed by atoms with Crippen LogP contribution >= 0.6 is 22.6 Å². The Balaban J connectivity index is 2.98. The molecule has 112 valence electrons. The molecule has 1 unspecified atom stereocenters. The second-order valence-electron chi connectivity index (χ2n) is 4.33. The molecule has 6 nitrogen and oxygen atoms in total. The quantitative estimate of drug-likeness (QED) is 0.587. The molecule has 0 fully saturated rings. The van der Waals surface area contributed by atoms with E-state index in [4.69, 9.17) is 10.2 Å². The zero-order valence-corrected chi connectivity index (χ0v) is 13.8. The van der Waals surface area contributed by atoms with E-state index in [9.17, 15) is 13.2 Å². The van der Waals surface area contributed by atoms with E-state index in [-0.39, 0.29) is 23.1 Å². The van der Waals surface area contributed by atoms with E-state index >= 15 is 0 Å². The van der Waals surface area contributed by atoms with Gasteiger partial charge < -0.3 is 10.2 Å². The molecule has 0 aliphatic heterocycles. The molecule has 0 aliphatic rings. The first kappa shape index (κ1) is 17.3. The van der Waals surface area contributed by atoms with E-state index in [1.807, 2.05) is 22.6 Å². The van der Waals surface area contributed by atoms with Crippen LogP contribution in [0.1, 0.15) is 30.1 Å². The molecule has 1 aromatic carbocycles. The first-order valence-corrected chi connectivity index (χ1v) is 8.50. The average molecular weight is 413 g/mol. The standard InChI is InChI=1S/C12H16INO5S/c1-8(3-2-6-15)14-20(18,19)9-4-5-11(13)10(7-9)12(16)17/h4-5,7-8,14-15H,2-3,6H2,1H3,(H,16,17). The Morgan fingerprint density at radius 2 is 2.10 bits per heavy atom. The fourth-order valence-corrected chi connectivity index (χ4v) is 3.49. The number of halogens is 1. The van der Waals surface area contributed by atoms with Crippen LogP contribution in [-0.2, 0) is 10.0 Å². The Labute approximate surface area is 131 Å². The summed E-state index contributed by atoms with van der Waals surface area (Å²) in [6.45, 7) is 1.69. The Hall–Kier alpha value is -0.710. The summed E-state index contributed by atoms with van der Waals surface area (Å²) in [5, 5.41) is 17.7. The van der Waals surface area contributed by atoms with Crippen LogP contribution in [0.15, 0.2) is 23.1 Å². The van der Waals surface area contributed by atoms with Crippen molar-refractivity contribution in [2.24, 2.45) is 0 Å². The number of carboxylic acid groups (broad SMARTS) is 1. The Bertz CT molecular complexity index is 588. The Morgan fingerprint density at radius 3 is 2.65 bits per heavy atom. The molecule has 0 amide bonds. The summed E-state index contributed by atoms with van der Waals surface area (Å²) >= 11 is 1.84. The monoisotopic (exact) mass is 413 g/mol. The molecule has 0 bridgehead atoms. The molecular weight excluding hydrogens is 397 g/mol. The maximum atomic E-state index is 12.1. The molecule has 1 atom stereocenters. The predicted octanol–water partition coefficient (Wildman–Crippen LogP) is 1.43. The highest BCUT2D eigenvalue weighted by atomic mass is 127. The minimum absolute atomic E-state index is 0.00123. The number of nitrogens with one attached hydrogen (secondary N) is 1. The zero-order chi connectivity index (χ0) is 15.3. The van der Waals surface area contributed by atoms with Crippen molar-refractivity contribution in [3.8, 4) is 0 Å². The molecule has 0 spiro atoms. The number of rotatable bonds is 7. The number of aromatic carboxylic acids is 1. The zero-order valence-electron chi connectivity index (χ0n) is 10.8. The van der Waals surface area contributed by atoms with Crippen LogP contribution in [-0.4, -0.2) is 37.2 Å². The summed E-state index contributed by atoms with van der Waals surface area (Å²) < 4.78 is 27.2. The van der Waals surface area contributed by atoms with Gasteiger partial charge in [0.05, 0.1) is 10.5 Å². The Morgan fingerprint density at radius 1 is 1.45 bits per heavy atom.